The van der Waals surface area contributed by atoms with Gasteiger partial charge in [0.05, 0.1) is 25.9 Å². The molecule has 0 spiro atoms. The van der Waals surface area contributed by atoms with E-state index in [4.69, 9.17) is 15.2 Å². The predicted molar refractivity (Wildman–Crippen MR) is 62.0 cm³/mol. The first-order valence-electron chi connectivity index (χ1n) is 5.43. The number of carbonyl (C=O) groups is 1. The van der Waals surface area contributed by atoms with Crippen LogP contribution in [0.5, 0.6) is 5.75 Å². The van der Waals surface area contributed by atoms with Crippen LogP contribution in [0, 0.1) is 0 Å². The summed E-state index contributed by atoms with van der Waals surface area (Å²) in [4.78, 5) is 11.4. The molecule has 1 aromatic carbocycles. The quantitative estimate of drug-likeness (QED) is 0.632. The third-order valence-electron chi connectivity index (χ3n) is 2.62. The van der Waals surface area contributed by atoms with E-state index in [9.17, 15) is 4.79 Å². The lowest BCUT2D eigenvalue weighted by Crippen LogP contribution is -2.16. The van der Waals surface area contributed by atoms with Crippen molar-refractivity contribution < 1.29 is 19.0 Å². The van der Waals surface area contributed by atoms with E-state index in [0.29, 0.717) is 30.2 Å². The molecule has 0 bridgehead atoms. The van der Waals surface area contributed by atoms with Crippen LogP contribution in [-0.2, 0) is 9.47 Å². The number of carbonyl (C=O) groups excluding carboxylic acids is 1. The zero-order valence-electron chi connectivity index (χ0n) is 9.64. The molecule has 1 saturated heterocycles. The van der Waals surface area contributed by atoms with Crippen LogP contribution < -0.4 is 10.5 Å². The van der Waals surface area contributed by atoms with Gasteiger partial charge < -0.3 is 19.9 Å². The second-order valence-corrected chi connectivity index (χ2v) is 3.84. The molecule has 2 N–H and O–H groups in total. The third-order valence-corrected chi connectivity index (χ3v) is 2.62. The van der Waals surface area contributed by atoms with E-state index in [2.05, 4.69) is 4.74 Å². The fourth-order valence-electron chi connectivity index (χ4n) is 1.69. The summed E-state index contributed by atoms with van der Waals surface area (Å²) in [5, 5.41) is 0. The predicted octanol–water partition coefficient (Wildman–Crippen LogP) is 1.22. The normalized spacial score (nSPS) is 19.0. The van der Waals surface area contributed by atoms with E-state index in [1.807, 2.05) is 0 Å². The van der Waals surface area contributed by atoms with E-state index in [1.54, 1.807) is 18.2 Å². The Hall–Kier alpha value is -1.75. The SMILES string of the molecule is COC(=O)c1cc(OC2CCOC2)ccc1N. The number of benzene rings is 1. The van der Waals surface area contributed by atoms with Crippen LogP contribution in [0.4, 0.5) is 5.69 Å². The molecule has 5 nitrogen and oxygen atoms in total. The summed E-state index contributed by atoms with van der Waals surface area (Å²) in [7, 11) is 1.32. The minimum atomic E-state index is -0.462. The van der Waals surface area contributed by atoms with Crippen molar-refractivity contribution in [2.24, 2.45) is 0 Å². The summed E-state index contributed by atoms with van der Waals surface area (Å²) >= 11 is 0. The molecule has 1 atom stereocenters. The Morgan fingerprint density at radius 2 is 2.35 bits per heavy atom. The van der Waals surface area contributed by atoms with Gasteiger partial charge >= 0.3 is 5.97 Å². The van der Waals surface area contributed by atoms with Crippen molar-refractivity contribution in [3.05, 3.63) is 23.8 Å². The van der Waals surface area contributed by atoms with Gasteiger partial charge in [-0.05, 0) is 18.2 Å². The number of nitrogens with two attached hydrogens (primary N) is 1. The fraction of sp³-hybridized carbons (Fsp3) is 0.417. The van der Waals surface area contributed by atoms with Crippen molar-refractivity contribution in [1.82, 2.24) is 0 Å². The van der Waals surface area contributed by atoms with Crippen LogP contribution in [0.25, 0.3) is 0 Å². The topological polar surface area (TPSA) is 70.8 Å². The first-order valence-corrected chi connectivity index (χ1v) is 5.43. The molecule has 5 heteroatoms. The average Bonchev–Trinajstić information content (AvgIpc) is 2.83. The van der Waals surface area contributed by atoms with E-state index in [-0.39, 0.29) is 6.10 Å². The zero-order chi connectivity index (χ0) is 12.3. The number of anilines is 1. The Morgan fingerprint density at radius 1 is 1.53 bits per heavy atom. The molecular formula is C12H15NO4. The molecule has 0 amide bonds. The van der Waals surface area contributed by atoms with Gasteiger partial charge in [-0.2, -0.15) is 0 Å². The molecule has 1 unspecified atom stereocenters. The molecule has 1 fully saturated rings. The summed E-state index contributed by atoms with van der Waals surface area (Å²) in [5.41, 5.74) is 6.40. The van der Waals surface area contributed by atoms with Gasteiger partial charge in [0.1, 0.15) is 11.9 Å². The maximum atomic E-state index is 11.4. The highest BCUT2D eigenvalue weighted by Gasteiger charge is 2.18. The van der Waals surface area contributed by atoms with Crippen molar-refractivity contribution in [2.75, 3.05) is 26.1 Å². The van der Waals surface area contributed by atoms with Gasteiger partial charge in [0.25, 0.3) is 0 Å². The monoisotopic (exact) mass is 237 g/mol. The molecule has 1 heterocycles. The minimum absolute atomic E-state index is 0.0455. The minimum Gasteiger partial charge on any atom is -0.488 e. The van der Waals surface area contributed by atoms with Crippen LogP contribution in [0.2, 0.25) is 0 Å². The first kappa shape index (κ1) is 11.7. The molecule has 92 valence electrons. The lowest BCUT2D eigenvalue weighted by atomic mass is 10.1. The molecule has 17 heavy (non-hydrogen) atoms. The smallest absolute Gasteiger partial charge is 0.340 e. The first-order chi connectivity index (χ1) is 8.20. The van der Waals surface area contributed by atoms with E-state index >= 15 is 0 Å². The van der Waals surface area contributed by atoms with Gasteiger partial charge in [-0.3, -0.25) is 0 Å². The molecule has 0 aliphatic carbocycles. The highest BCUT2D eigenvalue weighted by atomic mass is 16.5. The standard InChI is InChI=1S/C12H15NO4/c1-15-12(14)10-6-8(2-3-11(10)13)17-9-4-5-16-7-9/h2-3,6,9H,4-5,7,13H2,1H3. The van der Waals surface area contributed by atoms with Crippen LogP contribution in [0.1, 0.15) is 16.8 Å². The number of hydrogen-bond acceptors (Lipinski definition) is 5. The molecule has 1 aliphatic rings. The number of rotatable bonds is 3. The Bertz CT molecular complexity index is 413. The summed E-state index contributed by atoms with van der Waals surface area (Å²) in [6, 6.07) is 4.97. The lowest BCUT2D eigenvalue weighted by Gasteiger charge is -2.13. The number of methoxy groups -OCH3 is 1. The fourth-order valence-corrected chi connectivity index (χ4v) is 1.69. The molecular weight excluding hydrogens is 222 g/mol. The lowest BCUT2D eigenvalue weighted by molar-refractivity contribution is 0.0601. The van der Waals surface area contributed by atoms with Crippen molar-refractivity contribution >= 4 is 11.7 Å². The Kier molecular flexibility index (Phi) is 3.49. The Balaban J connectivity index is 2.15. The molecule has 1 aromatic rings. The summed E-state index contributed by atoms with van der Waals surface area (Å²) in [6.07, 6.45) is 0.905. The molecule has 0 saturated carbocycles. The van der Waals surface area contributed by atoms with Crippen LogP contribution in [0.3, 0.4) is 0 Å². The second-order valence-electron chi connectivity index (χ2n) is 3.84. The average molecular weight is 237 g/mol. The third kappa shape index (κ3) is 2.68. The maximum Gasteiger partial charge on any atom is 0.340 e. The van der Waals surface area contributed by atoms with Crippen LogP contribution >= 0.6 is 0 Å². The highest BCUT2D eigenvalue weighted by molar-refractivity contribution is 5.95. The summed E-state index contributed by atoms with van der Waals surface area (Å²) in [5.74, 6) is 0.144. The maximum absolute atomic E-state index is 11.4. The number of esters is 1. The Labute approximate surface area is 99.5 Å². The van der Waals surface area contributed by atoms with E-state index < -0.39 is 5.97 Å². The zero-order valence-corrected chi connectivity index (χ0v) is 9.64. The number of hydrogen-bond donors (Lipinski definition) is 1. The Morgan fingerprint density at radius 3 is 3.00 bits per heavy atom. The van der Waals surface area contributed by atoms with Gasteiger partial charge in [0.2, 0.25) is 0 Å². The van der Waals surface area contributed by atoms with Crippen molar-refractivity contribution in [2.45, 2.75) is 12.5 Å². The highest BCUT2D eigenvalue weighted by Crippen LogP contribution is 2.23. The van der Waals surface area contributed by atoms with Crippen LogP contribution in [0.15, 0.2) is 18.2 Å². The van der Waals surface area contributed by atoms with Crippen molar-refractivity contribution in [1.29, 1.82) is 0 Å². The van der Waals surface area contributed by atoms with Crippen molar-refractivity contribution in [3.63, 3.8) is 0 Å². The van der Waals surface area contributed by atoms with Gasteiger partial charge in [0.15, 0.2) is 0 Å². The van der Waals surface area contributed by atoms with Gasteiger partial charge in [-0.1, -0.05) is 0 Å². The van der Waals surface area contributed by atoms with Crippen molar-refractivity contribution in [3.8, 4) is 5.75 Å². The largest absolute Gasteiger partial charge is 0.488 e. The summed E-state index contributed by atoms with van der Waals surface area (Å²) in [6.45, 7) is 1.29. The second kappa shape index (κ2) is 5.05. The summed E-state index contributed by atoms with van der Waals surface area (Å²) < 4.78 is 15.5. The van der Waals surface area contributed by atoms with E-state index in [1.165, 1.54) is 7.11 Å². The van der Waals surface area contributed by atoms with Gasteiger partial charge in [-0.25, -0.2) is 4.79 Å². The molecule has 0 aromatic heterocycles. The van der Waals surface area contributed by atoms with Gasteiger partial charge in [0, 0.05) is 12.1 Å². The van der Waals surface area contributed by atoms with Gasteiger partial charge in [-0.15, -0.1) is 0 Å². The molecule has 2 rings (SSSR count). The number of nitrogen functional groups attached to an aromatic ring is 1. The van der Waals surface area contributed by atoms with Crippen LogP contribution in [-0.4, -0.2) is 32.4 Å². The molecule has 0 radical (unpaired) electrons. The number of ether oxygens (including phenoxy) is 3. The molecule has 1 aliphatic heterocycles. The van der Waals surface area contributed by atoms with E-state index in [0.717, 1.165) is 6.42 Å².